The number of amides is 1. The zero-order chi connectivity index (χ0) is 24.7. The normalized spacial score (nSPS) is 35.0. The zero-order valence-electron chi connectivity index (χ0n) is 21.2. The van der Waals surface area contributed by atoms with Crippen molar-refractivity contribution >= 4 is 5.91 Å². The van der Waals surface area contributed by atoms with Crippen LogP contribution in [0.4, 0.5) is 0 Å². The van der Waals surface area contributed by atoms with E-state index in [9.17, 15) is 14.7 Å². The Morgan fingerprint density at radius 1 is 1.14 bits per heavy atom. The highest BCUT2D eigenvalue weighted by molar-refractivity contribution is 5.93. The van der Waals surface area contributed by atoms with Gasteiger partial charge in [-0.3, -0.25) is 14.5 Å². The van der Waals surface area contributed by atoms with Gasteiger partial charge >= 0.3 is 0 Å². The van der Waals surface area contributed by atoms with Crippen molar-refractivity contribution < 1.29 is 9.90 Å². The SMILES string of the molecule is CN(C(=O)c1c[nH]ccc1=O)C1CCC23CCC1C21CCN(CC2CC2)C3CCc2ccc(O)cc21. The predicted molar refractivity (Wildman–Crippen MR) is 138 cm³/mol. The van der Waals surface area contributed by atoms with E-state index < -0.39 is 0 Å². The number of nitrogens with one attached hydrogen (secondary N) is 1. The Labute approximate surface area is 212 Å². The van der Waals surface area contributed by atoms with Gasteiger partial charge in [0.15, 0.2) is 5.43 Å². The van der Waals surface area contributed by atoms with Crippen molar-refractivity contribution in [1.82, 2.24) is 14.8 Å². The van der Waals surface area contributed by atoms with Gasteiger partial charge in [0.2, 0.25) is 0 Å². The first kappa shape index (κ1) is 22.6. The van der Waals surface area contributed by atoms with E-state index in [1.807, 2.05) is 18.0 Å². The summed E-state index contributed by atoms with van der Waals surface area (Å²) in [7, 11) is 1.90. The molecule has 5 unspecified atom stereocenters. The number of H-pyrrole nitrogens is 1. The number of hydrogen-bond donors (Lipinski definition) is 2. The van der Waals surface area contributed by atoms with E-state index >= 15 is 0 Å². The molecular formula is C30H37N3O3. The lowest BCUT2D eigenvalue weighted by molar-refractivity contribution is -0.0939. The number of rotatable bonds is 4. The standard InChI is InChI=1S/C30H37N3O3/c1-32(28(36)22-17-31-14-10-26(22)35)25-9-12-29-11-8-23(25)30(29)13-15-33(18-19-2-3-19)27(29)7-5-20-4-6-21(34)16-24(20)30/h4,6,10,14,16-17,19,23,25,27,34H,2-3,5,7-9,11-13,15,18H2,1H3,(H,31,35). The average Bonchev–Trinajstić information content (AvgIpc) is 3.67. The predicted octanol–water partition coefficient (Wildman–Crippen LogP) is 4.08. The second-order valence-corrected chi connectivity index (χ2v) is 12.3. The molecule has 190 valence electrons. The molecule has 2 heterocycles. The van der Waals surface area contributed by atoms with Gasteiger partial charge in [-0.1, -0.05) is 6.07 Å². The summed E-state index contributed by atoms with van der Waals surface area (Å²) in [4.78, 5) is 33.7. The molecule has 1 amide bonds. The maximum Gasteiger partial charge on any atom is 0.259 e. The first-order valence-corrected chi connectivity index (χ1v) is 14.0. The maximum atomic E-state index is 13.6. The van der Waals surface area contributed by atoms with Crippen molar-refractivity contribution in [3.05, 3.63) is 63.6 Å². The number of aryl methyl sites for hydroxylation is 1. The van der Waals surface area contributed by atoms with E-state index in [1.165, 1.54) is 49.4 Å². The largest absolute Gasteiger partial charge is 0.508 e. The van der Waals surface area contributed by atoms with E-state index in [-0.39, 0.29) is 33.8 Å². The molecule has 0 radical (unpaired) electrons. The summed E-state index contributed by atoms with van der Waals surface area (Å²) in [5.74, 6) is 1.40. The number of fused-ring (bicyclic) bond motifs is 1. The molecule has 1 aromatic carbocycles. The summed E-state index contributed by atoms with van der Waals surface area (Å²) < 4.78 is 0. The molecule has 7 rings (SSSR count). The lowest BCUT2D eigenvalue weighted by atomic mass is 9.47. The van der Waals surface area contributed by atoms with Gasteiger partial charge in [0.1, 0.15) is 11.3 Å². The summed E-state index contributed by atoms with van der Waals surface area (Å²) in [5.41, 5.74) is 2.94. The van der Waals surface area contributed by atoms with E-state index in [0.717, 1.165) is 44.6 Å². The van der Waals surface area contributed by atoms with Gasteiger partial charge in [-0.15, -0.1) is 0 Å². The monoisotopic (exact) mass is 487 g/mol. The highest BCUT2D eigenvalue weighted by Gasteiger charge is 2.70. The minimum absolute atomic E-state index is 0.0249. The van der Waals surface area contributed by atoms with Crippen LogP contribution < -0.4 is 5.43 Å². The number of benzene rings is 1. The minimum Gasteiger partial charge on any atom is -0.508 e. The Morgan fingerprint density at radius 3 is 2.78 bits per heavy atom. The first-order valence-electron chi connectivity index (χ1n) is 14.0. The molecule has 1 saturated heterocycles. The number of likely N-dealkylation sites (tertiary alicyclic amines) is 1. The topological polar surface area (TPSA) is 76.6 Å². The molecule has 6 heteroatoms. The molecule has 36 heavy (non-hydrogen) atoms. The summed E-state index contributed by atoms with van der Waals surface area (Å²) >= 11 is 0. The van der Waals surface area contributed by atoms with Crippen LogP contribution in [0, 0.1) is 17.3 Å². The minimum atomic E-state index is -0.224. The molecule has 4 fully saturated rings. The fourth-order valence-electron chi connectivity index (χ4n) is 9.41. The number of carbonyl (C=O) groups excluding carboxylic acids is 1. The lowest BCUT2D eigenvalue weighted by Crippen LogP contribution is -2.67. The van der Waals surface area contributed by atoms with Crippen molar-refractivity contribution in [2.75, 3.05) is 20.1 Å². The number of pyridine rings is 1. The molecule has 1 aromatic heterocycles. The summed E-state index contributed by atoms with van der Waals surface area (Å²) in [5, 5.41) is 10.7. The van der Waals surface area contributed by atoms with E-state index in [1.54, 1.807) is 12.4 Å². The Morgan fingerprint density at radius 2 is 1.97 bits per heavy atom. The van der Waals surface area contributed by atoms with E-state index in [0.29, 0.717) is 17.7 Å². The van der Waals surface area contributed by atoms with Crippen molar-refractivity contribution in [2.24, 2.45) is 17.3 Å². The third-order valence-electron chi connectivity index (χ3n) is 11.0. The van der Waals surface area contributed by atoms with Crippen molar-refractivity contribution in [3.63, 3.8) is 0 Å². The fourth-order valence-corrected chi connectivity index (χ4v) is 9.41. The number of nitrogens with zero attached hydrogens (tertiary/aromatic N) is 2. The fraction of sp³-hybridized carbons (Fsp3) is 0.600. The second kappa shape index (κ2) is 7.95. The number of aromatic nitrogens is 1. The Balaban J connectivity index is 1.33. The van der Waals surface area contributed by atoms with Gasteiger partial charge in [-0.25, -0.2) is 0 Å². The van der Waals surface area contributed by atoms with Gasteiger partial charge in [-0.05, 0) is 105 Å². The third-order valence-corrected chi connectivity index (χ3v) is 11.0. The van der Waals surface area contributed by atoms with Crippen LogP contribution in [-0.2, 0) is 11.8 Å². The highest BCUT2D eigenvalue weighted by atomic mass is 16.3. The zero-order valence-corrected chi connectivity index (χ0v) is 21.2. The van der Waals surface area contributed by atoms with Crippen LogP contribution in [0.25, 0.3) is 0 Å². The molecule has 4 bridgehead atoms. The van der Waals surface area contributed by atoms with Gasteiger partial charge in [-0.2, -0.15) is 0 Å². The number of aromatic amines is 1. The van der Waals surface area contributed by atoms with Crippen LogP contribution in [-0.4, -0.2) is 58.0 Å². The van der Waals surface area contributed by atoms with Crippen LogP contribution >= 0.6 is 0 Å². The Bertz CT molecular complexity index is 1270. The van der Waals surface area contributed by atoms with E-state index in [4.69, 9.17) is 0 Å². The molecule has 6 nitrogen and oxygen atoms in total. The smallest absolute Gasteiger partial charge is 0.259 e. The molecule has 2 N–H and O–H groups in total. The molecule has 2 aromatic rings. The van der Waals surface area contributed by atoms with Crippen LogP contribution in [0.1, 0.15) is 72.9 Å². The molecular weight excluding hydrogens is 450 g/mol. The molecule has 5 aliphatic rings. The van der Waals surface area contributed by atoms with Gasteiger partial charge in [0, 0.05) is 49.6 Å². The second-order valence-electron chi connectivity index (χ2n) is 12.3. The highest BCUT2D eigenvalue weighted by Crippen LogP contribution is 2.71. The van der Waals surface area contributed by atoms with Gasteiger partial charge in [0.25, 0.3) is 5.91 Å². The Hall–Kier alpha value is -2.60. The van der Waals surface area contributed by atoms with Crippen molar-refractivity contribution in [3.8, 4) is 5.75 Å². The summed E-state index contributed by atoms with van der Waals surface area (Å²) in [6, 6.07) is 8.21. The summed E-state index contributed by atoms with van der Waals surface area (Å²) in [6.45, 7) is 2.35. The van der Waals surface area contributed by atoms with Crippen LogP contribution in [0.2, 0.25) is 0 Å². The molecule has 0 spiro atoms. The molecule has 1 aliphatic heterocycles. The molecule has 5 atom stereocenters. The van der Waals surface area contributed by atoms with Crippen LogP contribution in [0.15, 0.2) is 41.5 Å². The molecule has 4 aliphatic carbocycles. The molecule has 3 saturated carbocycles. The van der Waals surface area contributed by atoms with Gasteiger partial charge < -0.3 is 15.0 Å². The number of phenols is 1. The number of piperidine rings is 1. The number of hydrogen-bond acceptors (Lipinski definition) is 4. The number of carbonyl (C=O) groups is 1. The van der Waals surface area contributed by atoms with Gasteiger partial charge in [0.05, 0.1) is 0 Å². The quantitative estimate of drug-likeness (QED) is 0.681. The average molecular weight is 488 g/mol. The first-order chi connectivity index (χ1) is 17.4. The summed E-state index contributed by atoms with van der Waals surface area (Å²) in [6.07, 6.45) is 13.6. The lowest BCUT2D eigenvalue weighted by Gasteiger charge is -2.63. The Kier molecular flexibility index (Phi) is 4.99. The van der Waals surface area contributed by atoms with Crippen molar-refractivity contribution in [1.29, 1.82) is 0 Å². The van der Waals surface area contributed by atoms with Crippen LogP contribution in [0.3, 0.4) is 0 Å². The van der Waals surface area contributed by atoms with E-state index in [2.05, 4.69) is 22.0 Å². The number of aromatic hydroxyl groups is 1. The van der Waals surface area contributed by atoms with Crippen molar-refractivity contribution in [2.45, 2.75) is 75.3 Å². The van der Waals surface area contributed by atoms with Crippen LogP contribution in [0.5, 0.6) is 5.75 Å². The number of phenolic OH excluding ortho intramolecular Hbond substituents is 1. The maximum absolute atomic E-state index is 13.6. The third kappa shape index (κ3) is 3.00.